The molecule has 1 heterocycles. The second kappa shape index (κ2) is 4.71. The van der Waals surface area contributed by atoms with Crippen molar-refractivity contribution in [2.24, 2.45) is 5.41 Å². The van der Waals surface area contributed by atoms with Crippen LogP contribution < -0.4 is 5.32 Å². The molecule has 0 bridgehead atoms. The summed E-state index contributed by atoms with van der Waals surface area (Å²) < 4.78 is 0. The molecule has 2 aliphatic rings. The van der Waals surface area contributed by atoms with Gasteiger partial charge in [0.1, 0.15) is 0 Å². The fraction of sp³-hybridized carbons (Fsp3) is 0.909. The molecule has 0 unspecified atom stereocenters. The van der Waals surface area contributed by atoms with E-state index < -0.39 is 0 Å². The van der Waals surface area contributed by atoms with E-state index in [1.807, 2.05) is 11.9 Å². The van der Waals surface area contributed by atoms with Crippen LogP contribution in [0.3, 0.4) is 0 Å². The number of halogens is 1. The monoisotopic (exact) mass is 232 g/mol. The normalized spacial score (nSPS) is 27.7. The lowest BCUT2D eigenvalue weighted by molar-refractivity contribution is -0.146. The Kier molecular flexibility index (Phi) is 4.01. The third-order valence-corrected chi connectivity index (χ3v) is 3.88. The molecule has 88 valence electrons. The lowest BCUT2D eigenvalue weighted by atomic mass is 9.69. The third kappa shape index (κ3) is 2.28. The van der Waals surface area contributed by atoms with Crippen LogP contribution in [0.1, 0.15) is 32.6 Å². The first-order chi connectivity index (χ1) is 6.63. The Morgan fingerprint density at radius 3 is 2.53 bits per heavy atom. The van der Waals surface area contributed by atoms with Gasteiger partial charge in [-0.05, 0) is 25.8 Å². The van der Waals surface area contributed by atoms with Gasteiger partial charge in [0.05, 0.1) is 0 Å². The first-order valence-corrected chi connectivity index (χ1v) is 5.61. The number of carbonyl (C=O) groups is 1. The van der Waals surface area contributed by atoms with Crippen LogP contribution in [0.5, 0.6) is 0 Å². The zero-order valence-electron chi connectivity index (χ0n) is 9.58. The average molecular weight is 233 g/mol. The Bertz CT molecular complexity index is 235. The van der Waals surface area contributed by atoms with Crippen molar-refractivity contribution in [2.75, 3.05) is 20.1 Å². The van der Waals surface area contributed by atoms with Crippen molar-refractivity contribution in [1.29, 1.82) is 0 Å². The van der Waals surface area contributed by atoms with Gasteiger partial charge < -0.3 is 10.2 Å². The second-order valence-electron chi connectivity index (χ2n) is 4.98. The fourth-order valence-electron chi connectivity index (χ4n) is 2.48. The van der Waals surface area contributed by atoms with Gasteiger partial charge in [-0.15, -0.1) is 12.4 Å². The molecule has 1 aliphatic heterocycles. The smallest absolute Gasteiger partial charge is 0.228 e. The second-order valence-corrected chi connectivity index (χ2v) is 4.98. The maximum Gasteiger partial charge on any atom is 0.228 e. The molecule has 0 radical (unpaired) electrons. The molecule has 1 saturated heterocycles. The van der Waals surface area contributed by atoms with Crippen LogP contribution in [0.4, 0.5) is 0 Å². The number of amides is 1. The SMILES string of the molecule is CN(C(=O)C1(C)CCC1)[C@H]1CCNC1.Cl. The molecule has 15 heavy (non-hydrogen) atoms. The first kappa shape index (κ1) is 12.8. The van der Waals surface area contributed by atoms with E-state index in [-0.39, 0.29) is 17.8 Å². The molecule has 1 aliphatic carbocycles. The highest BCUT2D eigenvalue weighted by Crippen LogP contribution is 2.42. The van der Waals surface area contributed by atoms with Crippen molar-refractivity contribution in [3.05, 3.63) is 0 Å². The number of nitrogens with zero attached hydrogens (tertiary/aromatic N) is 1. The number of rotatable bonds is 2. The molecule has 2 rings (SSSR count). The highest BCUT2D eigenvalue weighted by Gasteiger charge is 2.42. The van der Waals surface area contributed by atoms with Gasteiger partial charge in [0.15, 0.2) is 0 Å². The number of nitrogens with one attached hydrogen (secondary N) is 1. The van der Waals surface area contributed by atoms with Gasteiger partial charge in [0.25, 0.3) is 0 Å². The Balaban J connectivity index is 0.00000112. The zero-order valence-corrected chi connectivity index (χ0v) is 10.4. The van der Waals surface area contributed by atoms with Gasteiger partial charge in [-0.2, -0.15) is 0 Å². The minimum Gasteiger partial charge on any atom is -0.341 e. The maximum atomic E-state index is 12.1. The topological polar surface area (TPSA) is 32.3 Å². The van der Waals surface area contributed by atoms with Crippen LogP contribution in [-0.2, 0) is 4.79 Å². The van der Waals surface area contributed by atoms with Crippen LogP contribution in [0.15, 0.2) is 0 Å². The minimum atomic E-state index is -0.0304. The molecular weight excluding hydrogens is 212 g/mol. The van der Waals surface area contributed by atoms with Crippen molar-refractivity contribution < 1.29 is 4.79 Å². The lowest BCUT2D eigenvalue weighted by Crippen LogP contribution is -2.49. The largest absolute Gasteiger partial charge is 0.341 e. The summed E-state index contributed by atoms with van der Waals surface area (Å²) >= 11 is 0. The summed E-state index contributed by atoms with van der Waals surface area (Å²) in [5.41, 5.74) is -0.0304. The minimum absolute atomic E-state index is 0. The summed E-state index contributed by atoms with van der Waals surface area (Å²) in [6, 6.07) is 0.430. The first-order valence-electron chi connectivity index (χ1n) is 5.61. The summed E-state index contributed by atoms with van der Waals surface area (Å²) in [5, 5.41) is 3.30. The van der Waals surface area contributed by atoms with Crippen molar-refractivity contribution in [3.8, 4) is 0 Å². The Morgan fingerprint density at radius 2 is 2.13 bits per heavy atom. The third-order valence-electron chi connectivity index (χ3n) is 3.88. The molecule has 0 aromatic carbocycles. The number of carbonyl (C=O) groups excluding carboxylic acids is 1. The standard InChI is InChI=1S/C11H20N2O.ClH/c1-11(5-3-6-11)10(14)13(2)9-4-7-12-8-9;/h9,12H,3-8H2,1-2H3;1H/t9-;/m0./s1. The van der Waals surface area contributed by atoms with Crippen molar-refractivity contribution >= 4 is 18.3 Å². The molecule has 1 saturated carbocycles. The summed E-state index contributed by atoms with van der Waals surface area (Å²) in [6.07, 6.45) is 4.49. The van der Waals surface area contributed by atoms with Crippen LogP contribution in [-0.4, -0.2) is 37.0 Å². The van der Waals surface area contributed by atoms with E-state index in [0.717, 1.165) is 32.4 Å². The summed E-state index contributed by atoms with van der Waals surface area (Å²) in [7, 11) is 1.96. The van der Waals surface area contributed by atoms with Gasteiger partial charge in [-0.25, -0.2) is 0 Å². The Morgan fingerprint density at radius 1 is 1.47 bits per heavy atom. The van der Waals surface area contributed by atoms with Crippen LogP contribution >= 0.6 is 12.4 Å². The Hall–Kier alpha value is -0.280. The van der Waals surface area contributed by atoms with Crippen LogP contribution in [0, 0.1) is 5.41 Å². The highest BCUT2D eigenvalue weighted by atomic mass is 35.5. The van der Waals surface area contributed by atoms with Gasteiger partial charge >= 0.3 is 0 Å². The number of hydrogen-bond acceptors (Lipinski definition) is 2. The van der Waals surface area contributed by atoms with Gasteiger partial charge in [0.2, 0.25) is 5.91 Å². The van der Waals surface area contributed by atoms with Crippen molar-refractivity contribution in [3.63, 3.8) is 0 Å². The number of likely N-dealkylation sites (N-methyl/N-ethyl adjacent to an activating group) is 1. The van der Waals surface area contributed by atoms with E-state index >= 15 is 0 Å². The van der Waals surface area contributed by atoms with E-state index in [0.29, 0.717) is 11.9 Å². The van der Waals surface area contributed by atoms with Crippen LogP contribution in [0.25, 0.3) is 0 Å². The highest BCUT2D eigenvalue weighted by molar-refractivity contribution is 5.85. The van der Waals surface area contributed by atoms with Crippen molar-refractivity contribution in [2.45, 2.75) is 38.6 Å². The fourth-order valence-corrected chi connectivity index (χ4v) is 2.48. The molecule has 0 spiro atoms. The molecular formula is C11H21ClN2O. The summed E-state index contributed by atoms with van der Waals surface area (Å²) in [5.74, 6) is 0.359. The number of hydrogen-bond donors (Lipinski definition) is 1. The molecule has 1 atom stereocenters. The summed E-state index contributed by atoms with van der Waals surface area (Å²) in [4.78, 5) is 14.1. The van der Waals surface area contributed by atoms with E-state index in [9.17, 15) is 4.79 Å². The molecule has 3 nitrogen and oxygen atoms in total. The van der Waals surface area contributed by atoms with E-state index in [4.69, 9.17) is 0 Å². The molecule has 4 heteroatoms. The zero-order chi connectivity index (χ0) is 10.2. The predicted molar refractivity (Wildman–Crippen MR) is 63.3 cm³/mol. The van der Waals surface area contributed by atoms with E-state index in [1.165, 1.54) is 6.42 Å². The van der Waals surface area contributed by atoms with Crippen LogP contribution in [0.2, 0.25) is 0 Å². The molecule has 1 amide bonds. The molecule has 0 aromatic heterocycles. The maximum absolute atomic E-state index is 12.1. The van der Waals surface area contributed by atoms with Crippen molar-refractivity contribution in [1.82, 2.24) is 10.2 Å². The molecule has 1 N–H and O–H groups in total. The quantitative estimate of drug-likeness (QED) is 0.781. The lowest BCUT2D eigenvalue weighted by Gasteiger charge is -2.41. The Labute approximate surface area is 98.0 Å². The van der Waals surface area contributed by atoms with E-state index in [1.54, 1.807) is 0 Å². The predicted octanol–water partition coefficient (Wildman–Crippen LogP) is 1.42. The summed E-state index contributed by atoms with van der Waals surface area (Å²) in [6.45, 7) is 4.13. The van der Waals surface area contributed by atoms with Gasteiger partial charge in [-0.3, -0.25) is 4.79 Å². The average Bonchev–Trinajstić information content (AvgIpc) is 2.64. The molecule has 0 aromatic rings. The van der Waals surface area contributed by atoms with Gasteiger partial charge in [-0.1, -0.05) is 13.3 Å². The van der Waals surface area contributed by atoms with Gasteiger partial charge in [0, 0.05) is 25.0 Å². The van der Waals surface area contributed by atoms with E-state index in [2.05, 4.69) is 12.2 Å². The molecule has 2 fully saturated rings.